The van der Waals surface area contributed by atoms with E-state index in [-0.39, 0.29) is 16.8 Å². The predicted octanol–water partition coefficient (Wildman–Crippen LogP) is 1.54. The Kier molecular flexibility index (Phi) is 3.73. The predicted molar refractivity (Wildman–Crippen MR) is 74.4 cm³/mol. The second kappa shape index (κ2) is 5.05. The normalized spacial score (nSPS) is 26.4. The first-order valence-electron chi connectivity index (χ1n) is 6.40. The highest BCUT2D eigenvalue weighted by molar-refractivity contribution is 7.90. The van der Waals surface area contributed by atoms with Crippen molar-refractivity contribution < 1.29 is 18.3 Å². The van der Waals surface area contributed by atoms with E-state index >= 15 is 0 Å². The number of hydrogen-bond acceptors (Lipinski definition) is 5. The van der Waals surface area contributed by atoms with Crippen LogP contribution in [0.5, 0.6) is 0 Å². The first-order valence-corrected chi connectivity index (χ1v) is 8.29. The van der Waals surface area contributed by atoms with Gasteiger partial charge in [0, 0.05) is 18.5 Å². The van der Waals surface area contributed by atoms with Crippen LogP contribution in [0.4, 0.5) is 5.82 Å². The van der Waals surface area contributed by atoms with Gasteiger partial charge in [0.15, 0.2) is 9.84 Å². The Labute approximate surface area is 118 Å². The topological polar surface area (TPSA) is 96.4 Å². The summed E-state index contributed by atoms with van der Waals surface area (Å²) in [6, 6.07) is 2.69. The molecular formula is C13H18N2O4S. The van der Waals surface area contributed by atoms with Crippen LogP contribution >= 0.6 is 0 Å². The van der Waals surface area contributed by atoms with Crippen molar-refractivity contribution in [2.24, 2.45) is 5.41 Å². The lowest BCUT2D eigenvalue weighted by Gasteiger charge is -2.28. The Morgan fingerprint density at radius 1 is 1.55 bits per heavy atom. The SMILES string of the molecule is CC1(C(=O)O)CCCC1Nc1ncccc1S(C)(=O)=O. The highest BCUT2D eigenvalue weighted by Crippen LogP contribution is 2.40. The number of anilines is 1. The van der Waals surface area contributed by atoms with Gasteiger partial charge in [-0.3, -0.25) is 4.79 Å². The van der Waals surface area contributed by atoms with Gasteiger partial charge in [0.2, 0.25) is 0 Å². The number of pyridine rings is 1. The summed E-state index contributed by atoms with van der Waals surface area (Å²) in [6.07, 6.45) is 4.65. The molecule has 1 heterocycles. The summed E-state index contributed by atoms with van der Waals surface area (Å²) in [5.41, 5.74) is -0.897. The van der Waals surface area contributed by atoms with Gasteiger partial charge in [-0.15, -0.1) is 0 Å². The molecule has 1 aromatic rings. The number of rotatable bonds is 4. The quantitative estimate of drug-likeness (QED) is 0.875. The highest BCUT2D eigenvalue weighted by atomic mass is 32.2. The van der Waals surface area contributed by atoms with Crippen molar-refractivity contribution in [3.63, 3.8) is 0 Å². The lowest BCUT2D eigenvalue weighted by Crippen LogP contribution is -2.40. The Morgan fingerprint density at radius 2 is 2.25 bits per heavy atom. The summed E-state index contributed by atoms with van der Waals surface area (Å²) < 4.78 is 23.5. The summed E-state index contributed by atoms with van der Waals surface area (Å²) in [7, 11) is -3.41. The van der Waals surface area contributed by atoms with Gasteiger partial charge in [0.05, 0.1) is 5.41 Å². The Bertz CT molecular complexity index is 629. The Balaban J connectivity index is 2.34. The number of aromatic nitrogens is 1. The van der Waals surface area contributed by atoms with Crippen LogP contribution in [0, 0.1) is 5.41 Å². The smallest absolute Gasteiger partial charge is 0.311 e. The second-order valence-corrected chi connectivity index (χ2v) is 7.42. The van der Waals surface area contributed by atoms with E-state index < -0.39 is 21.2 Å². The molecule has 1 saturated carbocycles. The molecule has 2 unspecified atom stereocenters. The molecule has 1 fully saturated rings. The zero-order chi connectivity index (χ0) is 15.0. The van der Waals surface area contributed by atoms with Gasteiger partial charge in [-0.2, -0.15) is 0 Å². The lowest BCUT2D eigenvalue weighted by molar-refractivity contribution is -0.147. The minimum Gasteiger partial charge on any atom is -0.481 e. The van der Waals surface area contributed by atoms with Crippen LogP contribution in [-0.4, -0.2) is 36.8 Å². The van der Waals surface area contributed by atoms with E-state index in [2.05, 4.69) is 10.3 Å². The molecule has 20 heavy (non-hydrogen) atoms. The van der Waals surface area contributed by atoms with Crippen LogP contribution in [0.15, 0.2) is 23.2 Å². The molecule has 1 aliphatic rings. The fourth-order valence-electron chi connectivity index (χ4n) is 2.62. The third-order valence-electron chi connectivity index (χ3n) is 3.93. The maximum Gasteiger partial charge on any atom is 0.311 e. The van der Waals surface area contributed by atoms with Crippen molar-refractivity contribution in [3.8, 4) is 0 Å². The average Bonchev–Trinajstić information content (AvgIpc) is 2.72. The third kappa shape index (κ3) is 2.63. The largest absolute Gasteiger partial charge is 0.481 e. The van der Waals surface area contributed by atoms with Crippen molar-refractivity contribution in [2.45, 2.75) is 37.1 Å². The number of nitrogens with zero attached hydrogens (tertiary/aromatic N) is 1. The number of carboxylic acids is 1. The van der Waals surface area contributed by atoms with Crippen molar-refractivity contribution in [1.29, 1.82) is 0 Å². The lowest BCUT2D eigenvalue weighted by atomic mass is 9.85. The number of carbonyl (C=O) groups is 1. The summed E-state index contributed by atoms with van der Waals surface area (Å²) in [6.45, 7) is 1.68. The number of carboxylic acid groups (broad SMARTS) is 1. The summed E-state index contributed by atoms with van der Waals surface area (Å²) in [5.74, 6) is -0.640. The molecule has 2 atom stereocenters. The molecule has 2 rings (SSSR count). The molecule has 6 nitrogen and oxygen atoms in total. The van der Waals surface area contributed by atoms with E-state index in [1.807, 2.05) is 0 Å². The van der Waals surface area contributed by atoms with E-state index in [4.69, 9.17) is 0 Å². The fourth-order valence-corrected chi connectivity index (χ4v) is 3.41. The molecular weight excluding hydrogens is 280 g/mol. The van der Waals surface area contributed by atoms with Crippen LogP contribution < -0.4 is 5.32 Å². The number of aliphatic carboxylic acids is 1. The second-order valence-electron chi connectivity index (χ2n) is 5.43. The minimum absolute atomic E-state index is 0.0969. The van der Waals surface area contributed by atoms with Crippen molar-refractivity contribution in [3.05, 3.63) is 18.3 Å². The van der Waals surface area contributed by atoms with Crippen LogP contribution in [0.1, 0.15) is 26.2 Å². The first kappa shape index (κ1) is 14.8. The van der Waals surface area contributed by atoms with Crippen molar-refractivity contribution in [1.82, 2.24) is 4.98 Å². The summed E-state index contributed by atoms with van der Waals surface area (Å²) in [4.78, 5) is 15.6. The number of nitrogens with one attached hydrogen (secondary N) is 1. The third-order valence-corrected chi connectivity index (χ3v) is 5.06. The average molecular weight is 298 g/mol. The maximum absolute atomic E-state index is 11.7. The molecule has 0 spiro atoms. The fraction of sp³-hybridized carbons (Fsp3) is 0.538. The van der Waals surface area contributed by atoms with Gasteiger partial charge < -0.3 is 10.4 Å². The summed E-state index contributed by atoms with van der Waals surface area (Å²) >= 11 is 0. The van der Waals surface area contributed by atoms with Crippen molar-refractivity contribution in [2.75, 3.05) is 11.6 Å². The number of sulfone groups is 1. The molecule has 0 radical (unpaired) electrons. The molecule has 0 aliphatic heterocycles. The maximum atomic E-state index is 11.7. The molecule has 1 aromatic heterocycles. The molecule has 0 saturated heterocycles. The molecule has 2 N–H and O–H groups in total. The zero-order valence-electron chi connectivity index (χ0n) is 11.5. The van der Waals surface area contributed by atoms with Crippen molar-refractivity contribution >= 4 is 21.6 Å². The van der Waals surface area contributed by atoms with E-state index in [1.165, 1.54) is 12.3 Å². The first-order chi connectivity index (χ1) is 9.25. The van der Waals surface area contributed by atoms with E-state index in [0.717, 1.165) is 12.7 Å². The molecule has 0 amide bonds. The van der Waals surface area contributed by atoms with Gasteiger partial charge in [-0.1, -0.05) is 6.42 Å². The van der Waals surface area contributed by atoms with Gasteiger partial charge in [-0.25, -0.2) is 13.4 Å². The van der Waals surface area contributed by atoms with E-state index in [1.54, 1.807) is 13.0 Å². The van der Waals surface area contributed by atoms with E-state index in [9.17, 15) is 18.3 Å². The zero-order valence-corrected chi connectivity index (χ0v) is 12.3. The van der Waals surface area contributed by atoms with Gasteiger partial charge in [0.1, 0.15) is 10.7 Å². The monoisotopic (exact) mass is 298 g/mol. The van der Waals surface area contributed by atoms with Crippen LogP contribution in [0.2, 0.25) is 0 Å². The van der Waals surface area contributed by atoms with Gasteiger partial charge in [-0.05, 0) is 31.9 Å². The molecule has 0 bridgehead atoms. The molecule has 110 valence electrons. The minimum atomic E-state index is -3.41. The standard InChI is InChI=1S/C13H18N2O4S/c1-13(12(16)17)7-3-6-10(13)15-11-9(20(2,18)19)5-4-8-14-11/h4-5,8,10H,3,6-7H2,1-2H3,(H,14,15)(H,16,17). The Hall–Kier alpha value is -1.63. The highest BCUT2D eigenvalue weighted by Gasteiger charge is 2.45. The molecule has 0 aromatic carbocycles. The van der Waals surface area contributed by atoms with Gasteiger partial charge in [0.25, 0.3) is 0 Å². The van der Waals surface area contributed by atoms with E-state index in [0.29, 0.717) is 12.8 Å². The van der Waals surface area contributed by atoms with Crippen LogP contribution in [-0.2, 0) is 14.6 Å². The summed E-state index contributed by atoms with van der Waals surface area (Å²) in [5, 5.41) is 12.4. The van der Waals surface area contributed by atoms with Gasteiger partial charge >= 0.3 is 5.97 Å². The molecule has 7 heteroatoms. The van der Waals surface area contributed by atoms with Crippen LogP contribution in [0.25, 0.3) is 0 Å². The Morgan fingerprint density at radius 3 is 2.85 bits per heavy atom. The van der Waals surface area contributed by atoms with Crippen LogP contribution in [0.3, 0.4) is 0 Å². The molecule has 1 aliphatic carbocycles. The number of hydrogen-bond donors (Lipinski definition) is 2.